The van der Waals surface area contributed by atoms with Crippen LogP contribution in [0.15, 0.2) is 97.1 Å². The fourth-order valence-electron chi connectivity index (χ4n) is 4.52. The molecule has 0 atom stereocenters. The topological polar surface area (TPSA) is 95.2 Å². The van der Waals surface area contributed by atoms with Crippen molar-refractivity contribution in [2.24, 2.45) is 0 Å². The highest BCUT2D eigenvalue weighted by Gasteiger charge is 2.35. The van der Waals surface area contributed by atoms with E-state index in [1.165, 1.54) is 11.0 Å². The fourth-order valence-corrected chi connectivity index (χ4v) is 4.52. The van der Waals surface area contributed by atoms with Crippen molar-refractivity contribution in [3.8, 4) is 11.4 Å². The molecule has 180 valence electrons. The molecule has 1 aliphatic heterocycles. The Balaban J connectivity index is 1.15. The molecule has 37 heavy (non-hydrogen) atoms. The first-order valence-electron chi connectivity index (χ1n) is 12.0. The van der Waals surface area contributed by atoms with Crippen LogP contribution in [0.5, 0.6) is 0 Å². The Hall–Kier alpha value is -5.04. The molecule has 1 aromatic heterocycles. The van der Waals surface area contributed by atoms with Gasteiger partial charge in [-0.2, -0.15) is 0 Å². The number of aromatic amines is 1. The first-order valence-corrected chi connectivity index (χ1v) is 12.0. The second kappa shape index (κ2) is 9.20. The molecule has 4 aromatic carbocycles. The lowest BCUT2D eigenvalue weighted by Gasteiger charge is -2.13. The zero-order valence-corrected chi connectivity index (χ0v) is 19.8. The fraction of sp³-hybridized carbons (Fsp3) is 0.0667. The van der Waals surface area contributed by atoms with Crippen LogP contribution in [0.2, 0.25) is 0 Å². The number of hydrogen-bond donors (Lipinski definition) is 2. The van der Waals surface area contributed by atoms with Crippen LogP contribution < -0.4 is 5.32 Å². The minimum atomic E-state index is -0.374. The number of nitrogens with zero attached hydrogens (tertiary/aromatic N) is 2. The van der Waals surface area contributed by atoms with E-state index in [1.54, 1.807) is 24.3 Å². The lowest BCUT2D eigenvalue weighted by Crippen LogP contribution is -2.31. The summed E-state index contributed by atoms with van der Waals surface area (Å²) in [5.74, 6) is -0.315. The van der Waals surface area contributed by atoms with Gasteiger partial charge in [0.2, 0.25) is 0 Å². The number of H-pyrrole nitrogens is 1. The van der Waals surface area contributed by atoms with Crippen molar-refractivity contribution in [3.63, 3.8) is 0 Å². The number of imidazole rings is 1. The summed E-state index contributed by atoms with van der Waals surface area (Å²) >= 11 is 0. The Morgan fingerprint density at radius 3 is 2.32 bits per heavy atom. The summed E-state index contributed by atoms with van der Waals surface area (Å²) in [6.45, 7) is 0.287. The summed E-state index contributed by atoms with van der Waals surface area (Å²) in [7, 11) is 0. The molecule has 6 rings (SSSR count). The summed E-state index contributed by atoms with van der Waals surface area (Å²) < 4.78 is 0. The molecule has 2 N–H and O–H groups in total. The van der Waals surface area contributed by atoms with E-state index in [4.69, 9.17) is 0 Å². The number of carbonyl (C=O) groups is 3. The Morgan fingerprint density at radius 2 is 1.54 bits per heavy atom. The minimum absolute atomic E-state index is 0.256. The number of aromatic nitrogens is 2. The van der Waals surface area contributed by atoms with Crippen LogP contribution in [0.25, 0.3) is 22.4 Å². The molecule has 5 aromatic rings. The summed E-state index contributed by atoms with van der Waals surface area (Å²) in [4.78, 5) is 47.8. The van der Waals surface area contributed by atoms with E-state index in [9.17, 15) is 14.4 Å². The number of fused-ring (bicyclic) bond motifs is 2. The van der Waals surface area contributed by atoms with E-state index in [-0.39, 0.29) is 29.8 Å². The van der Waals surface area contributed by atoms with E-state index in [0.717, 1.165) is 28.0 Å². The van der Waals surface area contributed by atoms with Gasteiger partial charge in [0.1, 0.15) is 5.82 Å². The Bertz CT molecular complexity index is 1620. The van der Waals surface area contributed by atoms with Gasteiger partial charge in [0.15, 0.2) is 0 Å². The van der Waals surface area contributed by atoms with Crippen LogP contribution in [0.4, 0.5) is 5.69 Å². The molecule has 2 heterocycles. The van der Waals surface area contributed by atoms with Gasteiger partial charge in [-0.15, -0.1) is 0 Å². The lowest BCUT2D eigenvalue weighted by atomic mass is 10.1. The van der Waals surface area contributed by atoms with Gasteiger partial charge in [0, 0.05) is 23.4 Å². The maximum Gasteiger partial charge on any atom is 0.261 e. The number of carbonyl (C=O) groups excluding carboxylic acids is 3. The predicted octanol–water partition coefficient (Wildman–Crippen LogP) is 5.32. The van der Waals surface area contributed by atoms with Crippen LogP contribution in [-0.4, -0.2) is 39.1 Å². The molecule has 0 fully saturated rings. The molecule has 0 aliphatic carbocycles. The number of anilines is 1. The third kappa shape index (κ3) is 4.27. The number of nitrogens with one attached hydrogen (secondary N) is 2. The highest BCUT2D eigenvalue weighted by molar-refractivity contribution is 6.22. The van der Waals surface area contributed by atoms with Gasteiger partial charge in [-0.3, -0.25) is 19.3 Å². The molecule has 0 unspecified atom stereocenters. The van der Waals surface area contributed by atoms with Crippen molar-refractivity contribution in [2.75, 3.05) is 11.9 Å². The Morgan fingerprint density at radius 1 is 0.811 bits per heavy atom. The van der Waals surface area contributed by atoms with E-state index >= 15 is 0 Å². The Labute approximate surface area is 212 Å². The quantitative estimate of drug-likeness (QED) is 0.318. The number of para-hydroxylation sites is 2. The number of amides is 3. The highest BCUT2D eigenvalue weighted by Crippen LogP contribution is 2.26. The second-order valence-electron chi connectivity index (χ2n) is 8.89. The molecule has 0 saturated carbocycles. The monoisotopic (exact) mass is 486 g/mol. The lowest BCUT2D eigenvalue weighted by molar-refractivity contribution is 0.0656. The molecule has 7 heteroatoms. The number of imide groups is 1. The third-order valence-corrected chi connectivity index (χ3v) is 6.51. The van der Waals surface area contributed by atoms with Crippen molar-refractivity contribution in [2.45, 2.75) is 6.42 Å². The molecular weight excluding hydrogens is 464 g/mol. The van der Waals surface area contributed by atoms with Gasteiger partial charge in [-0.1, -0.05) is 42.5 Å². The van der Waals surface area contributed by atoms with Crippen LogP contribution in [0.3, 0.4) is 0 Å². The predicted molar refractivity (Wildman–Crippen MR) is 141 cm³/mol. The van der Waals surface area contributed by atoms with E-state index in [1.807, 2.05) is 66.7 Å². The maximum atomic E-state index is 13.0. The smallest absolute Gasteiger partial charge is 0.261 e. The van der Waals surface area contributed by atoms with E-state index < -0.39 is 0 Å². The van der Waals surface area contributed by atoms with Crippen LogP contribution in [0, 0.1) is 0 Å². The number of hydrogen-bond acceptors (Lipinski definition) is 4. The van der Waals surface area contributed by atoms with Gasteiger partial charge in [-0.05, 0) is 66.6 Å². The van der Waals surface area contributed by atoms with Crippen LogP contribution in [-0.2, 0) is 6.42 Å². The van der Waals surface area contributed by atoms with Gasteiger partial charge in [-0.25, -0.2) is 4.98 Å². The van der Waals surface area contributed by atoms with Crippen molar-refractivity contribution in [3.05, 3.63) is 119 Å². The molecule has 7 nitrogen and oxygen atoms in total. The average Bonchev–Trinajstić information content (AvgIpc) is 3.47. The summed E-state index contributed by atoms with van der Waals surface area (Å²) in [6, 6.07) is 29.5. The molecule has 0 spiro atoms. The zero-order chi connectivity index (χ0) is 25.4. The van der Waals surface area contributed by atoms with Gasteiger partial charge in [0.05, 0.1) is 22.2 Å². The van der Waals surface area contributed by atoms with Gasteiger partial charge >= 0.3 is 0 Å². The van der Waals surface area contributed by atoms with Gasteiger partial charge in [0.25, 0.3) is 17.7 Å². The summed E-state index contributed by atoms with van der Waals surface area (Å²) in [6.07, 6.45) is 0.573. The largest absolute Gasteiger partial charge is 0.338 e. The summed E-state index contributed by atoms with van der Waals surface area (Å²) in [5, 5.41) is 2.86. The van der Waals surface area contributed by atoms with Crippen molar-refractivity contribution in [1.82, 2.24) is 14.9 Å². The van der Waals surface area contributed by atoms with Crippen LogP contribution in [0.1, 0.15) is 36.6 Å². The average molecular weight is 487 g/mol. The summed E-state index contributed by atoms with van der Waals surface area (Å²) in [5.41, 5.74) is 5.28. The van der Waals surface area contributed by atoms with E-state index in [0.29, 0.717) is 23.2 Å². The molecule has 0 radical (unpaired) electrons. The van der Waals surface area contributed by atoms with Crippen molar-refractivity contribution in [1.29, 1.82) is 0 Å². The molecule has 3 amide bonds. The number of benzene rings is 4. The molecule has 1 aliphatic rings. The molecule has 0 bridgehead atoms. The second-order valence-corrected chi connectivity index (χ2v) is 8.89. The Kier molecular flexibility index (Phi) is 5.58. The van der Waals surface area contributed by atoms with Crippen LogP contribution >= 0.6 is 0 Å². The van der Waals surface area contributed by atoms with Crippen molar-refractivity contribution < 1.29 is 14.4 Å². The van der Waals surface area contributed by atoms with Crippen molar-refractivity contribution >= 4 is 34.4 Å². The first kappa shape index (κ1) is 22.4. The zero-order valence-electron chi connectivity index (χ0n) is 19.8. The number of rotatable bonds is 6. The standard InChI is InChI=1S/C30H22N4O3/c35-28(31-22-13-10-20(11-14-22)27-32-25-8-4-5-9-26(25)33-27)21-12-15-23-24(18-21)30(37)34(29(23)36)17-16-19-6-2-1-3-7-19/h1-15,18H,16-17H2,(H,31,35)(H,32,33). The van der Waals surface area contributed by atoms with Gasteiger partial charge < -0.3 is 10.3 Å². The minimum Gasteiger partial charge on any atom is -0.338 e. The molecular formula is C30H22N4O3. The normalized spacial score (nSPS) is 12.7. The molecule has 0 saturated heterocycles. The highest BCUT2D eigenvalue weighted by atomic mass is 16.2. The third-order valence-electron chi connectivity index (χ3n) is 6.51. The SMILES string of the molecule is O=C(Nc1ccc(-c2nc3ccccc3[nH]2)cc1)c1ccc2c(c1)C(=O)N(CCc1ccccc1)C2=O. The van der Waals surface area contributed by atoms with E-state index in [2.05, 4.69) is 15.3 Å². The maximum absolute atomic E-state index is 13.0. The first-order chi connectivity index (χ1) is 18.1.